The van der Waals surface area contributed by atoms with Crippen LogP contribution in [-0.4, -0.2) is 22.6 Å². The number of carbonyl (C=O) groups is 3. The molecule has 0 radical (unpaired) electrons. The molecule has 0 bridgehead atoms. The summed E-state index contributed by atoms with van der Waals surface area (Å²) in [5, 5.41) is 0. The molecule has 0 aromatic carbocycles. The van der Waals surface area contributed by atoms with E-state index >= 15 is 0 Å². The highest BCUT2D eigenvalue weighted by atomic mass is 16.2. The van der Waals surface area contributed by atoms with Crippen LogP contribution >= 0.6 is 0 Å². The molecule has 96 valence electrons. The highest BCUT2D eigenvalue weighted by Gasteiger charge is 2.33. The zero-order chi connectivity index (χ0) is 12.7. The van der Waals surface area contributed by atoms with E-state index in [0.717, 1.165) is 24.2 Å². The Morgan fingerprint density at radius 3 is 2.12 bits per heavy atom. The van der Waals surface area contributed by atoms with Crippen molar-refractivity contribution in [2.24, 2.45) is 0 Å². The van der Waals surface area contributed by atoms with Crippen LogP contribution in [0.1, 0.15) is 64.7 Å². The number of hydrogen-bond acceptors (Lipinski definition) is 3. The van der Waals surface area contributed by atoms with Crippen molar-refractivity contribution in [3.8, 4) is 0 Å². The van der Waals surface area contributed by atoms with Gasteiger partial charge in [-0.1, -0.05) is 39.0 Å². The lowest BCUT2D eigenvalue weighted by atomic mass is 10.1. The second kappa shape index (κ2) is 7.20. The molecule has 1 rings (SSSR count). The van der Waals surface area contributed by atoms with Crippen molar-refractivity contribution < 1.29 is 14.4 Å². The number of likely N-dealkylation sites (tertiary alicyclic amines) is 1. The molecule has 0 atom stereocenters. The fraction of sp³-hybridized carbons (Fsp3) is 0.769. The van der Waals surface area contributed by atoms with Gasteiger partial charge >= 0.3 is 0 Å². The predicted octanol–water partition coefficient (Wildman–Crippen LogP) is 2.41. The van der Waals surface area contributed by atoms with Gasteiger partial charge in [-0.2, -0.15) is 0 Å². The monoisotopic (exact) mass is 239 g/mol. The van der Waals surface area contributed by atoms with Gasteiger partial charge in [-0.15, -0.1) is 0 Å². The third-order valence-electron chi connectivity index (χ3n) is 3.05. The quantitative estimate of drug-likeness (QED) is 0.506. The number of carbonyl (C=O) groups excluding carboxylic acids is 3. The highest BCUT2D eigenvalue weighted by molar-refractivity contribution is 6.14. The van der Waals surface area contributed by atoms with Gasteiger partial charge in [0.25, 0.3) is 0 Å². The van der Waals surface area contributed by atoms with Gasteiger partial charge in [-0.3, -0.25) is 14.4 Å². The molecule has 1 aliphatic rings. The lowest BCUT2D eigenvalue weighted by Gasteiger charge is -2.11. The number of unbranched alkanes of at least 4 members (excludes halogenated alkanes) is 5. The van der Waals surface area contributed by atoms with Crippen LogP contribution in [0.5, 0.6) is 0 Å². The fourth-order valence-electron chi connectivity index (χ4n) is 2.02. The summed E-state index contributed by atoms with van der Waals surface area (Å²) in [6, 6.07) is 0. The van der Waals surface area contributed by atoms with Crippen LogP contribution in [0.15, 0.2) is 0 Å². The first-order valence-electron chi connectivity index (χ1n) is 6.55. The molecule has 0 aromatic heterocycles. The Hall–Kier alpha value is -1.19. The molecule has 4 nitrogen and oxygen atoms in total. The molecular formula is C13H21NO3. The third kappa shape index (κ3) is 4.29. The predicted molar refractivity (Wildman–Crippen MR) is 64.1 cm³/mol. The zero-order valence-corrected chi connectivity index (χ0v) is 10.5. The summed E-state index contributed by atoms with van der Waals surface area (Å²) in [5.74, 6) is -0.968. The van der Waals surface area contributed by atoms with E-state index in [9.17, 15) is 14.4 Å². The molecule has 1 heterocycles. The van der Waals surface area contributed by atoms with E-state index in [-0.39, 0.29) is 30.6 Å². The Labute approximate surface area is 102 Å². The second-order valence-corrected chi connectivity index (χ2v) is 4.53. The van der Waals surface area contributed by atoms with Crippen molar-refractivity contribution in [1.82, 2.24) is 4.90 Å². The first kappa shape index (κ1) is 13.9. The summed E-state index contributed by atoms with van der Waals surface area (Å²) in [6.45, 7) is 2.16. The van der Waals surface area contributed by atoms with Crippen LogP contribution in [-0.2, 0) is 14.4 Å². The first-order chi connectivity index (χ1) is 8.16. The van der Waals surface area contributed by atoms with E-state index in [1.165, 1.54) is 19.3 Å². The third-order valence-corrected chi connectivity index (χ3v) is 3.05. The average Bonchev–Trinajstić information content (AvgIpc) is 2.63. The van der Waals surface area contributed by atoms with Gasteiger partial charge in [0.1, 0.15) is 0 Å². The topological polar surface area (TPSA) is 54.5 Å². The first-order valence-corrected chi connectivity index (χ1v) is 6.55. The van der Waals surface area contributed by atoms with Crippen LogP contribution in [0.2, 0.25) is 0 Å². The van der Waals surface area contributed by atoms with Gasteiger partial charge in [-0.05, 0) is 6.42 Å². The van der Waals surface area contributed by atoms with Crippen molar-refractivity contribution in [3.63, 3.8) is 0 Å². The Balaban J connectivity index is 2.17. The van der Waals surface area contributed by atoms with Crippen molar-refractivity contribution >= 4 is 17.7 Å². The SMILES string of the molecule is CCCCCCCCC(=O)N1C(=O)CCC1=O. The Morgan fingerprint density at radius 2 is 1.53 bits per heavy atom. The molecule has 3 amide bonds. The normalized spacial score (nSPS) is 15.7. The number of hydrogen-bond donors (Lipinski definition) is 0. The summed E-state index contributed by atoms with van der Waals surface area (Å²) < 4.78 is 0. The number of nitrogens with zero attached hydrogens (tertiary/aromatic N) is 1. The van der Waals surface area contributed by atoms with E-state index in [1.54, 1.807) is 0 Å². The minimum Gasteiger partial charge on any atom is -0.274 e. The zero-order valence-electron chi connectivity index (χ0n) is 10.5. The van der Waals surface area contributed by atoms with E-state index in [1.807, 2.05) is 0 Å². The molecule has 1 aliphatic heterocycles. The lowest BCUT2D eigenvalue weighted by molar-refractivity contribution is -0.149. The molecule has 0 saturated carbocycles. The number of amides is 3. The van der Waals surface area contributed by atoms with Gasteiger partial charge in [-0.25, -0.2) is 4.90 Å². The molecule has 4 heteroatoms. The minimum atomic E-state index is -0.328. The molecule has 1 saturated heterocycles. The van der Waals surface area contributed by atoms with Gasteiger partial charge in [0.05, 0.1) is 0 Å². The maximum Gasteiger partial charge on any atom is 0.236 e. The minimum absolute atomic E-state index is 0.196. The average molecular weight is 239 g/mol. The van der Waals surface area contributed by atoms with Crippen LogP contribution in [0, 0.1) is 0 Å². The van der Waals surface area contributed by atoms with Gasteiger partial charge in [0.15, 0.2) is 0 Å². The summed E-state index contributed by atoms with van der Waals surface area (Å²) in [6.07, 6.45) is 7.26. The number of rotatable bonds is 7. The molecule has 17 heavy (non-hydrogen) atoms. The molecule has 1 fully saturated rings. The second-order valence-electron chi connectivity index (χ2n) is 4.53. The molecule has 0 aromatic rings. The number of imide groups is 3. The largest absolute Gasteiger partial charge is 0.274 e. The van der Waals surface area contributed by atoms with E-state index in [2.05, 4.69) is 6.92 Å². The van der Waals surface area contributed by atoms with Crippen molar-refractivity contribution in [1.29, 1.82) is 0 Å². The van der Waals surface area contributed by atoms with Crippen LogP contribution < -0.4 is 0 Å². The molecule has 0 unspecified atom stereocenters. The summed E-state index contributed by atoms with van der Waals surface area (Å²) in [4.78, 5) is 35.0. The maximum absolute atomic E-state index is 11.6. The van der Waals surface area contributed by atoms with Crippen LogP contribution in [0.25, 0.3) is 0 Å². The summed E-state index contributed by atoms with van der Waals surface area (Å²) >= 11 is 0. The summed E-state index contributed by atoms with van der Waals surface area (Å²) in [5.41, 5.74) is 0. The van der Waals surface area contributed by atoms with E-state index < -0.39 is 0 Å². The maximum atomic E-state index is 11.6. The van der Waals surface area contributed by atoms with Gasteiger partial charge in [0, 0.05) is 19.3 Å². The van der Waals surface area contributed by atoms with Crippen molar-refractivity contribution in [2.45, 2.75) is 64.7 Å². The molecule has 0 aliphatic carbocycles. The van der Waals surface area contributed by atoms with Gasteiger partial charge < -0.3 is 0 Å². The Kier molecular flexibility index (Phi) is 5.87. The van der Waals surface area contributed by atoms with Gasteiger partial charge in [0.2, 0.25) is 17.7 Å². The molecule has 0 spiro atoms. The Bertz CT molecular complexity index is 283. The Morgan fingerprint density at radius 1 is 1.00 bits per heavy atom. The van der Waals surface area contributed by atoms with Crippen LogP contribution in [0.4, 0.5) is 0 Å². The smallest absolute Gasteiger partial charge is 0.236 e. The molecule has 0 N–H and O–H groups in total. The standard InChI is InChI=1S/C13H21NO3/c1-2-3-4-5-6-7-8-11(15)14-12(16)9-10-13(14)17/h2-10H2,1H3. The lowest BCUT2D eigenvalue weighted by Crippen LogP contribution is -2.35. The van der Waals surface area contributed by atoms with Crippen molar-refractivity contribution in [3.05, 3.63) is 0 Å². The fourth-order valence-corrected chi connectivity index (χ4v) is 2.02. The molecular weight excluding hydrogens is 218 g/mol. The summed E-state index contributed by atoms with van der Waals surface area (Å²) in [7, 11) is 0. The van der Waals surface area contributed by atoms with Crippen LogP contribution in [0.3, 0.4) is 0 Å². The highest BCUT2D eigenvalue weighted by Crippen LogP contribution is 2.15. The van der Waals surface area contributed by atoms with E-state index in [0.29, 0.717) is 6.42 Å². The van der Waals surface area contributed by atoms with Crippen molar-refractivity contribution in [2.75, 3.05) is 0 Å². The van der Waals surface area contributed by atoms with E-state index in [4.69, 9.17) is 0 Å².